The van der Waals surface area contributed by atoms with Gasteiger partial charge in [-0.2, -0.15) is 0 Å². The molecule has 212 valence electrons. The first-order valence-electron chi connectivity index (χ1n) is 13.0. The molecule has 2 heterocycles. The zero-order valence-corrected chi connectivity index (χ0v) is 23.4. The summed E-state index contributed by atoms with van der Waals surface area (Å²) in [5, 5.41) is 15.0. The van der Waals surface area contributed by atoms with Crippen LogP contribution in [0.3, 0.4) is 0 Å². The summed E-state index contributed by atoms with van der Waals surface area (Å²) >= 11 is 6.73. The second kappa shape index (κ2) is 10.7. The van der Waals surface area contributed by atoms with E-state index in [4.69, 9.17) is 16.3 Å². The highest BCUT2D eigenvalue weighted by Crippen LogP contribution is 2.42. The quantitative estimate of drug-likeness (QED) is 0.462. The lowest BCUT2D eigenvalue weighted by Gasteiger charge is -2.27. The van der Waals surface area contributed by atoms with Gasteiger partial charge in [-0.1, -0.05) is 25.4 Å². The smallest absolute Gasteiger partial charge is 0.408 e. The lowest BCUT2D eigenvalue weighted by molar-refractivity contribution is -0.124. The van der Waals surface area contributed by atoms with Gasteiger partial charge in [0.2, 0.25) is 11.3 Å². The Morgan fingerprint density at radius 2 is 1.87 bits per heavy atom. The second-order valence-corrected chi connectivity index (χ2v) is 11.9. The maximum atomic E-state index is 15.4. The van der Waals surface area contributed by atoms with Gasteiger partial charge in [-0.15, -0.1) is 0 Å². The molecular weight excluding hydrogens is 531 g/mol. The number of rotatable bonds is 7. The fourth-order valence-corrected chi connectivity index (χ4v) is 5.27. The van der Waals surface area contributed by atoms with Crippen LogP contribution in [0.25, 0.3) is 10.9 Å². The van der Waals surface area contributed by atoms with E-state index in [0.717, 1.165) is 18.9 Å². The van der Waals surface area contributed by atoms with E-state index in [1.165, 1.54) is 6.20 Å². The van der Waals surface area contributed by atoms with Crippen molar-refractivity contribution in [3.05, 3.63) is 38.9 Å². The van der Waals surface area contributed by atoms with Crippen molar-refractivity contribution in [3.8, 4) is 0 Å². The molecule has 3 N–H and O–H groups in total. The molecule has 1 aromatic carbocycles. The molecule has 2 amide bonds. The zero-order valence-electron chi connectivity index (χ0n) is 22.6. The van der Waals surface area contributed by atoms with Crippen LogP contribution in [0.4, 0.5) is 14.9 Å². The van der Waals surface area contributed by atoms with Crippen LogP contribution in [0.5, 0.6) is 0 Å². The Morgan fingerprint density at radius 3 is 2.44 bits per heavy atom. The number of aromatic nitrogens is 1. The van der Waals surface area contributed by atoms with E-state index in [0.29, 0.717) is 18.5 Å². The third-order valence-corrected chi connectivity index (χ3v) is 7.18. The van der Waals surface area contributed by atoms with E-state index >= 15 is 4.39 Å². The molecule has 1 saturated heterocycles. The van der Waals surface area contributed by atoms with Crippen molar-refractivity contribution in [3.63, 3.8) is 0 Å². The maximum Gasteiger partial charge on any atom is 0.408 e. The minimum absolute atomic E-state index is 0.0157. The Bertz CT molecular complexity index is 1380. The van der Waals surface area contributed by atoms with E-state index in [9.17, 15) is 24.3 Å². The summed E-state index contributed by atoms with van der Waals surface area (Å²) in [6, 6.07) is -0.134. The summed E-state index contributed by atoms with van der Waals surface area (Å²) in [6.45, 7) is 9.46. The van der Waals surface area contributed by atoms with Gasteiger partial charge in [0, 0.05) is 31.4 Å². The van der Waals surface area contributed by atoms with Crippen LogP contribution in [-0.4, -0.2) is 58.4 Å². The molecule has 1 aromatic heterocycles. The molecule has 2 unspecified atom stereocenters. The Kier molecular flexibility index (Phi) is 7.84. The predicted octanol–water partition coefficient (Wildman–Crippen LogP) is 4.07. The number of fused-ring (bicyclic) bond motifs is 1. The largest absolute Gasteiger partial charge is 0.477 e. The number of pyridine rings is 1. The maximum absolute atomic E-state index is 15.4. The fraction of sp³-hybridized carbons (Fsp3) is 0.556. The summed E-state index contributed by atoms with van der Waals surface area (Å²) in [7, 11) is 0. The van der Waals surface area contributed by atoms with Gasteiger partial charge >= 0.3 is 12.1 Å². The van der Waals surface area contributed by atoms with E-state index in [-0.39, 0.29) is 46.5 Å². The van der Waals surface area contributed by atoms with E-state index in [1.807, 2.05) is 13.8 Å². The molecule has 12 heteroatoms. The number of nitrogens with zero attached hydrogens (tertiary/aromatic N) is 2. The Morgan fingerprint density at radius 1 is 1.21 bits per heavy atom. The molecule has 4 rings (SSSR count). The number of anilines is 1. The number of halogens is 2. The summed E-state index contributed by atoms with van der Waals surface area (Å²) < 4.78 is 22.4. The third kappa shape index (κ3) is 6.13. The van der Waals surface area contributed by atoms with Crippen LogP contribution in [0.1, 0.15) is 70.3 Å². The number of benzene rings is 1. The lowest BCUT2D eigenvalue weighted by Crippen LogP contribution is -2.53. The first-order valence-corrected chi connectivity index (χ1v) is 13.4. The Balaban J connectivity index is 1.56. The second-order valence-electron chi connectivity index (χ2n) is 11.5. The van der Waals surface area contributed by atoms with Crippen molar-refractivity contribution in [2.45, 2.75) is 77.6 Å². The molecule has 0 radical (unpaired) electrons. The van der Waals surface area contributed by atoms with Crippen LogP contribution >= 0.6 is 11.6 Å². The van der Waals surface area contributed by atoms with E-state index in [1.54, 1.807) is 30.2 Å². The number of hydrogen-bond acceptors (Lipinski definition) is 6. The van der Waals surface area contributed by atoms with Crippen molar-refractivity contribution in [1.29, 1.82) is 0 Å². The number of nitrogens with one attached hydrogen (secondary N) is 2. The van der Waals surface area contributed by atoms with Gasteiger partial charge in [0.15, 0.2) is 0 Å². The highest BCUT2D eigenvalue weighted by molar-refractivity contribution is 6.38. The van der Waals surface area contributed by atoms with Gasteiger partial charge in [0.25, 0.3) is 0 Å². The molecule has 2 atom stereocenters. The van der Waals surface area contributed by atoms with Crippen LogP contribution in [0.15, 0.2) is 17.1 Å². The van der Waals surface area contributed by atoms with Gasteiger partial charge in [-0.25, -0.2) is 14.0 Å². The number of amides is 2. The number of carbonyl (C=O) groups is 3. The highest BCUT2D eigenvalue weighted by atomic mass is 35.5. The van der Waals surface area contributed by atoms with Crippen molar-refractivity contribution in [2.24, 2.45) is 5.92 Å². The number of hydrogen-bond donors (Lipinski definition) is 3. The molecule has 1 aliphatic carbocycles. The number of carboxylic acids is 1. The highest BCUT2D eigenvalue weighted by Gasteiger charge is 2.34. The minimum atomic E-state index is -1.38. The minimum Gasteiger partial charge on any atom is -0.477 e. The fourth-order valence-electron chi connectivity index (χ4n) is 4.86. The zero-order chi connectivity index (χ0) is 28.8. The van der Waals surface area contributed by atoms with Gasteiger partial charge in [0.05, 0.1) is 21.6 Å². The lowest BCUT2D eigenvalue weighted by atomic mass is 10.0. The molecule has 0 bridgehead atoms. The molecule has 1 saturated carbocycles. The summed E-state index contributed by atoms with van der Waals surface area (Å²) in [4.78, 5) is 51.5. The molecule has 1 aliphatic heterocycles. The van der Waals surface area contributed by atoms with E-state index < -0.39 is 40.5 Å². The first-order chi connectivity index (χ1) is 18.2. The summed E-state index contributed by atoms with van der Waals surface area (Å²) in [6.07, 6.45) is 2.69. The number of aromatic carboxylic acids is 1. The number of carbonyl (C=O) groups excluding carboxylic acids is 2. The molecule has 2 aromatic rings. The SMILES string of the molecule is CC(C)C(NC(=O)OC(C)(C)C)C(=O)NC1CCN(c2c(F)cc3c(=O)c(C(=O)O)cn(C4CC4)c3c2Cl)C1. The molecule has 2 aliphatic rings. The van der Waals surface area contributed by atoms with Crippen LogP contribution in [-0.2, 0) is 9.53 Å². The van der Waals surface area contributed by atoms with Crippen molar-refractivity contribution in [2.75, 3.05) is 18.0 Å². The average molecular weight is 565 g/mol. The molecule has 0 spiro atoms. The number of carboxylic acid groups (broad SMARTS) is 1. The third-order valence-electron chi connectivity index (χ3n) is 6.83. The first kappa shape index (κ1) is 28.7. The van der Waals surface area contributed by atoms with Crippen molar-refractivity contribution in [1.82, 2.24) is 15.2 Å². The van der Waals surface area contributed by atoms with Crippen LogP contribution in [0.2, 0.25) is 5.02 Å². The van der Waals surface area contributed by atoms with Gasteiger partial charge < -0.3 is 29.9 Å². The molecular formula is C27H34ClFN4O6. The molecule has 10 nitrogen and oxygen atoms in total. The van der Waals surface area contributed by atoms with E-state index in [2.05, 4.69) is 10.6 Å². The average Bonchev–Trinajstić information content (AvgIpc) is 3.56. The van der Waals surface area contributed by atoms with Gasteiger partial charge in [-0.3, -0.25) is 9.59 Å². The monoisotopic (exact) mass is 564 g/mol. The number of ether oxygens (including phenoxy) is 1. The van der Waals surface area contributed by atoms with Crippen LogP contribution in [0, 0.1) is 11.7 Å². The summed E-state index contributed by atoms with van der Waals surface area (Å²) in [5.41, 5.74) is -1.52. The van der Waals surface area contributed by atoms with Gasteiger partial charge in [-0.05, 0) is 52.0 Å². The summed E-state index contributed by atoms with van der Waals surface area (Å²) in [5.74, 6) is -2.71. The topological polar surface area (TPSA) is 130 Å². The molecule has 39 heavy (non-hydrogen) atoms. The standard InChI is InChI=1S/C27H34ClFN4O6/c1-13(2)20(31-26(38)39-27(3,4)5)24(35)30-14-8-9-32(11-14)22-18(29)10-16-21(19(22)28)33(15-6-7-15)12-17(23(16)34)25(36)37/h10,12-15,20H,6-9,11H2,1-5H3,(H,30,35)(H,31,38)(H,36,37). The normalized spacial score (nSPS) is 18.4. The van der Waals surface area contributed by atoms with Crippen LogP contribution < -0.4 is 21.0 Å². The number of alkyl carbamates (subject to hydrolysis) is 1. The van der Waals surface area contributed by atoms with Gasteiger partial charge in [0.1, 0.15) is 23.0 Å². The predicted molar refractivity (Wildman–Crippen MR) is 145 cm³/mol. The molecule has 2 fully saturated rings. The Labute approximate surface area is 230 Å². The van der Waals surface area contributed by atoms with Crippen molar-refractivity contribution < 1.29 is 28.6 Å². The Hall–Kier alpha value is -3.34. The van der Waals surface area contributed by atoms with Crippen molar-refractivity contribution >= 4 is 46.2 Å².